The molecule has 1 N–H and O–H groups in total. The Labute approximate surface area is 152 Å². The standard InChI is InChI=1S/C20H18ClNOS/c1-22(11-12-23)10-4-6-15-13-16-5-2-3-7-19(16)24-20-9-8-17(21)14-18(15)20/h2-3,5,7-9,13-14,23H,10-12H2,1H3. The highest BCUT2D eigenvalue weighted by atomic mass is 35.5. The Hall–Kier alpha value is -1.70. The summed E-state index contributed by atoms with van der Waals surface area (Å²) in [6.07, 6.45) is 2.13. The first-order valence-corrected chi connectivity index (χ1v) is 8.93. The SMILES string of the molecule is CN(CC#CC1=Cc2ccccc2Sc2ccc(Cl)cc21)CCO. The average molecular weight is 356 g/mol. The summed E-state index contributed by atoms with van der Waals surface area (Å²) in [6.45, 7) is 1.38. The number of hydrogen-bond donors (Lipinski definition) is 1. The molecule has 0 atom stereocenters. The predicted molar refractivity (Wildman–Crippen MR) is 102 cm³/mol. The minimum Gasteiger partial charge on any atom is -0.395 e. The van der Waals surface area contributed by atoms with Crippen molar-refractivity contribution < 1.29 is 5.11 Å². The van der Waals surface area contributed by atoms with Gasteiger partial charge in [-0.1, -0.05) is 53.4 Å². The molecule has 1 aliphatic heterocycles. The molecule has 0 unspecified atom stereocenters. The topological polar surface area (TPSA) is 23.5 Å². The van der Waals surface area contributed by atoms with Gasteiger partial charge in [0.2, 0.25) is 0 Å². The van der Waals surface area contributed by atoms with E-state index in [-0.39, 0.29) is 6.61 Å². The summed E-state index contributed by atoms with van der Waals surface area (Å²) in [5.41, 5.74) is 3.21. The molecule has 3 rings (SSSR count). The highest BCUT2D eigenvalue weighted by molar-refractivity contribution is 7.99. The molecule has 1 heterocycles. The Bertz CT molecular complexity index is 835. The summed E-state index contributed by atoms with van der Waals surface area (Å²) in [6, 6.07) is 14.3. The minimum absolute atomic E-state index is 0.142. The summed E-state index contributed by atoms with van der Waals surface area (Å²) < 4.78 is 0. The zero-order valence-electron chi connectivity index (χ0n) is 13.4. The van der Waals surface area contributed by atoms with E-state index < -0.39 is 0 Å². The van der Waals surface area contributed by atoms with Crippen molar-refractivity contribution >= 4 is 35.0 Å². The van der Waals surface area contributed by atoms with Gasteiger partial charge in [0.15, 0.2) is 0 Å². The van der Waals surface area contributed by atoms with Crippen molar-refractivity contribution in [3.8, 4) is 11.8 Å². The number of likely N-dealkylation sites (N-methyl/N-ethyl adjacent to an activating group) is 1. The third kappa shape index (κ3) is 4.03. The number of hydrogen-bond acceptors (Lipinski definition) is 3. The fourth-order valence-corrected chi connectivity index (χ4v) is 3.68. The minimum atomic E-state index is 0.142. The molecule has 0 amide bonds. The largest absolute Gasteiger partial charge is 0.395 e. The predicted octanol–water partition coefficient (Wildman–Crippen LogP) is 4.27. The van der Waals surface area contributed by atoms with Crippen LogP contribution in [0.25, 0.3) is 11.6 Å². The molecule has 0 radical (unpaired) electrons. The third-order valence-electron chi connectivity index (χ3n) is 3.72. The van der Waals surface area contributed by atoms with Crippen molar-refractivity contribution in [1.29, 1.82) is 0 Å². The van der Waals surface area contributed by atoms with Crippen LogP contribution >= 0.6 is 23.4 Å². The molecule has 4 heteroatoms. The first kappa shape index (κ1) is 17.1. The lowest BCUT2D eigenvalue weighted by Crippen LogP contribution is -2.22. The van der Waals surface area contributed by atoms with Crippen LogP contribution in [0.15, 0.2) is 52.3 Å². The molecule has 122 valence electrons. The highest BCUT2D eigenvalue weighted by Crippen LogP contribution is 2.41. The van der Waals surface area contributed by atoms with E-state index in [1.165, 1.54) is 10.5 Å². The van der Waals surface area contributed by atoms with Crippen molar-refractivity contribution in [3.05, 3.63) is 58.6 Å². The second kappa shape index (κ2) is 7.92. The maximum Gasteiger partial charge on any atom is 0.0603 e. The molecule has 0 aliphatic carbocycles. The van der Waals surface area contributed by atoms with Gasteiger partial charge in [-0.25, -0.2) is 0 Å². The van der Waals surface area contributed by atoms with Gasteiger partial charge in [-0.2, -0.15) is 0 Å². The second-order valence-electron chi connectivity index (χ2n) is 5.60. The van der Waals surface area contributed by atoms with Gasteiger partial charge in [0.05, 0.1) is 13.2 Å². The number of allylic oxidation sites excluding steroid dienone is 1. The maximum atomic E-state index is 8.97. The van der Waals surface area contributed by atoms with Crippen LogP contribution in [0.4, 0.5) is 0 Å². The molecule has 1 aliphatic rings. The molecule has 0 saturated carbocycles. The zero-order chi connectivity index (χ0) is 16.9. The fraction of sp³-hybridized carbons (Fsp3) is 0.200. The lowest BCUT2D eigenvalue weighted by atomic mass is 10.0. The molecule has 24 heavy (non-hydrogen) atoms. The van der Waals surface area contributed by atoms with Crippen LogP contribution in [-0.2, 0) is 0 Å². The summed E-state index contributed by atoms with van der Waals surface area (Å²) in [7, 11) is 1.95. The van der Waals surface area contributed by atoms with E-state index in [4.69, 9.17) is 16.7 Å². The van der Waals surface area contributed by atoms with Crippen LogP contribution in [-0.4, -0.2) is 36.8 Å². The lowest BCUT2D eigenvalue weighted by Gasteiger charge is -2.10. The number of nitrogens with zero attached hydrogens (tertiary/aromatic N) is 1. The second-order valence-corrected chi connectivity index (χ2v) is 7.12. The number of benzene rings is 2. The van der Waals surface area contributed by atoms with E-state index in [0.29, 0.717) is 18.1 Å². The maximum absolute atomic E-state index is 8.97. The van der Waals surface area contributed by atoms with Gasteiger partial charge in [-0.05, 0) is 43.0 Å². The normalized spacial score (nSPS) is 12.6. The smallest absolute Gasteiger partial charge is 0.0603 e. The Morgan fingerprint density at radius 2 is 2.00 bits per heavy atom. The molecule has 2 aromatic rings. The fourth-order valence-electron chi connectivity index (χ4n) is 2.47. The molecular weight excluding hydrogens is 338 g/mol. The molecule has 0 saturated heterocycles. The average Bonchev–Trinajstić information content (AvgIpc) is 2.72. The Morgan fingerprint density at radius 1 is 1.17 bits per heavy atom. The van der Waals surface area contributed by atoms with Crippen LogP contribution in [0.3, 0.4) is 0 Å². The van der Waals surface area contributed by atoms with Gasteiger partial charge in [0.1, 0.15) is 0 Å². The number of rotatable bonds is 3. The van der Waals surface area contributed by atoms with E-state index in [0.717, 1.165) is 16.0 Å². The van der Waals surface area contributed by atoms with Gasteiger partial charge in [0, 0.05) is 32.5 Å². The van der Waals surface area contributed by atoms with Gasteiger partial charge < -0.3 is 5.11 Å². The summed E-state index contributed by atoms with van der Waals surface area (Å²) in [5.74, 6) is 6.49. The van der Waals surface area contributed by atoms with Gasteiger partial charge in [-0.15, -0.1) is 0 Å². The monoisotopic (exact) mass is 355 g/mol. The van der Waals surface area contributed by atoms with Crippen molar-refractivity contribution in [2.75, 3.05) is 26.7 Å². The van der Waals surface area contributed by atoms with E-state index >= 15 is 0 Å². The quantitative estimate of drug-likeness (QED) is 0.831. The van der Waals surface area contributed by atoms with Crippen LogP contribution in [0, 0.1) is 11.8 Å². The summed E-state index contributed by atoms with van der Waals surface area (Å²) >= 11 is 7.95. The zero-order valence-corrected chi connectivity index (χ0v) is 15.0. The first-order chi connectivity index (χ1) is 11.7. The van der Waals surface area contributed by atoms with E-state index in [9.17, 15) is 0 Å². The molecular formula is C20H18ClNOS. The lowest BCUT2D eigenvalue weighted by molar-refractivity contribution is 0.234. The van der Waals surface area contributed by atoms with Crippen LogP contribution in [0.1, 0.15) is 11.1 Å². The number of fused-ring (bicyclic) bond motifs is 2. The molecule has 0 fully saturated rings. The third-order valence-corrected chi connectivity index (χ3v) is 5.13. The summed E-state index contributed by atoms with van der Waals surface area (Å²) in [5, 5.41) is 9.69. The van der Waals surface area contributed by atoms with Gasteiger partial charge >= 0.3 is 0 Å². The number of halogens is 1. The Balaban J connectivity index is 2.01. The van der Waals surface area contributed by atoms with E-state index in [2.05, 4.69) is 42.2 Å². The molecule has 0 aromatic heterocycles. The summed E-state index contributed by atoms with van der Waals surface area (Å²) in [4.78, 5) is 4.37. The highest BCUT2D eigenvalue weighted by Gasteiger charge is 2.15. The number of aliphatic hydroxyl groups excluding tert-OH is 1. The first-order valence-electron chi connectivity index (χ1n) is 7.74. The Kier molecular flexibility index (Phi) is 5.65. The van der Waals surface area contributed by atoms with Crippen molar-refractivity contribution in [2.24, 2.45) is 0 Å². The van der Waals surface area contributed by atoms with Crippen molar-refractivity contribution in [3.63, 3.8) is 0 Å². The molecule has 0 bridgehead atoms. The number of aliphatic hydroxyl groups is 1. The molecule has 2 aromatic carbocycles. The Morgan fingerprint density at radius 3 is 2.83 bits per heavy atom. The van der Waals surface area contributed by atoms with Gasteiger partial charge in [-0.3, -0.25) is 4.90 Å². The van der Waals surface area contributed by atoms with E-state index in [1.807, 2.05) is 30.1 Å². The molecule has 0 spiro atoms. The van der Waals surface area contributed by atoms with Crippen molar-refractivity contribution in [2.45, 2.75) is 9.79 Å². The van der Waals surface area contributed by atoms with Crippen LogP contribution in [0.5, 0.6) is 0 Å². The van der Waals surface area contributed by atoms with Crippen LogP contribution in [0.2, 0.25) is 5.02 Å². The van der Waals surface area contributed by atoms with Gasteiger partial charge in [0.25, 0.3) is 0 Å². The van der Waals surface area contributed by atoms with Crippen molar-refractivity contribution in [1.82, 2.24) is 4.90 Å². The van der Waals surface area contributed by atoms with Crippen LogP contribution < -0.4 is 0 Å². The van der Waals surface area contributed by atoms with E-state index in [1.54, 1.807) is 11.8 Å². The molecule has 2 nitrogen and oxygen atoms in total.